The zero-order valence-corrected chi connectivity index (χ0v) is 11.9. The van der Waals surface area contributed by atoms with Crippen molar-refractivity contribution in [3.05, 3.63) is 71.0 Å². The zero-order chi connectivity index (χ0) is 14.1. The molecule has 0 spiro atoms. The Balaban J connectivity index is 2.18. The first kappa shape index (κ1) is 13.4. The number of carbonyl (C=O) groups is 1. The summed E-state index contributed by atoms with van der Waals surface area (Å²) in [4.78, 5) is 12.4. The normalized spacial score (nSPS) is 17.8. The van der Waals surface area contributed by atoms with Crippen molar-refractivity contribution in [2.24, 2.45) is 0 Å². The Kier molecular flexibility index (Phi) is 3.64. The van der Waals surface area contributed by atoms with Crippen LogP contribution < -0.4 is 0 Å². The second-order valence-corrected chi connectivity index (χ2v) is 5.93. The van der Waals surface area contributed by atoms with Gasteiger partial charge in [-0.15, -0.1) is 11.8 Å². The van der Waals surface area contributed by atoms with Crippen LogP contribution in [-0.2, 0) is 4.79 Å². The van der Waals surface area contributed by atoms with Gasteiger partial charge < -0.3 is 0 Å². The number of aldehydes is 1. The largest absolute Gasteiger partial charge is 0.298 e. The van der Waals surface area contributed by atoms with Crippen LogP contribution in [0.3, 0.4) is 0 Å². The minimum absolute atomic E-state index is 0.326. The lowest BCUT2D eigenvalue weighted by Gasteiger charge is -2.25. The Hall–Kier alpha value is -1.58. The van der Waals surface area contributed by atoms with Gasteiger partial charge in [-0.2, -0.15) is 0 Å². The van der Waals surface area contributed by atoms with E-state index in [4.69, 9.17) is 11.6 Å². The predicted molar refractivity (Wildman–Crippen MR) is 80.3 cm³/mol. The van der Waals surface area contributed by atoms with Gasteiger partial charge in [-0.3, -0.25) is 4.79 Å². The first-order valence-corrected chi connectivity index (χ1v) is 7.33. The average Bonchev–Trinajstić information content (AvgIpc) is 2.48. The van der Waals surface area contributed by atoms with Gasteiger partial charge in [0.15, 0.2) is 0 Å². The van der Waals surface area contributed by atoms with Gasteiger partial charge in [0.25, 0.3) is 0 Å². The Labute approximate surface area is 125 Å². The van der Waals surface area contributed by atoms with E-state index in [-0.39, 0.29) is 5.82 Å². The Morgan fingerprint density at radius 3 is 2.55 bits per heavy atom. The second kappa shape index (κ2) is 5.43. The molecule has 0 aromatic heterocycles. The number of halogens is 2. The Morgan fingerprint density at radius 1 is 1.10 bits per heavy atom. The summed E-state index contributed by atoms with van der Waals surface area (Å²) in [5, 5.41) is -0.00120. The molecule has 20 heavy (non-hydrogen) atoms. The summed E-state index contributed by atoms with van der Waals surface area (Å²) in [6.45, 7) is 0. The van der Waals surface area contributed by atoms with Gasteiger partial charge in [0.1, 0.15) is 12.1 Å². The highest BCUT2D eigenvalue weighted by Gasteiger charge is 2.29. The summed E-state index contributed by atoms with van der Waals surface area (Å²) < 4.78 is 14.0. The molecule has 100 valence electrons. The first-order chi connectivity index (χ1) is 9.72. The highest BCUT2D eigenvalue weighted by atomic mass is 35.5. The number of fused-ring (bicyclic) bond motifs is 1. The van der Waals surface area contributed by atoms with E-state index in [9.17, 15) is 9.18 Å². The lowest BCUT2D eigenvalue weighted by molar-refractivity contribution is -0.104. The number of thioether (sulfide) groups is 1. The quantitative estimate of drug-likeness (QED) is 0.740. The van der Waals surface area contributed by atoms with Crippen molar-refractivity contribution in [1.29, 1.82) is 0 Å². The third-order valence-electron chi connectivity index (χ3n) is 3.22. The van der Waals surface area contributed by atoms with E-state index in [1.165, 1.54) is 17.8 Å². The lowest BCUT2D eigenvalue weighted by atomic mass is 10.0. The molecule has 1 unspecified atom stereocenters. The van der Waals surface area contributed by atoms with Gasteiger partial charge in [-0.05, 0) is 12.1 Å². The van der Waals surface area contributed by atoms with Crippen molar-refractivity contribution in [1.82, 2.24) is 0 Å². The monoisotopic (exact) mass is 304 g/mol. The van der Waals surface area contributed by atoms with Crippen molar-refractivity contribution < 1.29 is 9.18 Å². The van der Waals surface area contributed by atoms with Crippen LogP contribution in [0.5, 0.6) is 0 Å². The van der Waals surface area contributed by atoms with E-state index in [2.05, 4.69) is 0 Å². The molecule has 0 amide bonds. The molecule has 0 N–H and O–H groups in total. The predicted octanol–water partition coefficient (Wildman–Crippen LogP) is 4.82. The number of carbonyl (C=O) groups excluding carboxylic acids is 1. The molecule has 1 heterocycles. The maximum absolute atomic E-state index is 14.0. The number of benzene rings is 2. The summed E-state index contributed by atoms with van der Waals surface area (Å²) in [6, 6.07) is 14.0. The molecule has 0 saturated carbocycles. The summed E-state index contributed by atoms with van der Waals surface area (Å²) in [6.07, 6.45) is 0.725. The van der Waals surface area contributed by atoms with Crippen molar-refractivity contribution in [2.45, 2.75) is 10.1 Å². The minimum Gasteiger partial charge on any atom is -0.298 e. The Morgan fingerprint density at radius 2 is 1.80 bits per heavy atom. The number of hydrogen-bond donors (Lipinski definition) is 0. The topological polar surface area (TPSA) is 17.1 Å². The van der Waals surface area contributed by atoms with Crippen molar-refractivity contribution in [3.8, 4) is 0 Å². The van der Waals surface area contributed by atoms with Crippen LogP contribution in [0.15, 0.2) is 59.0 Å². The molecule has 1 aliphatic heterocycles. The maximum atomic E-state index is 14.0. The number of rotatable bonds is 2. The standard InChI is InChI=1S/C16H10ClFOS/c17-15-11-6-2-4-8-14(11)20-16(12(15)9-19)10-5-1-3-7-13(10)18/h1-9,16H. The van der Waals surface area contributed by atoms with Gasteiger partial charge in [-0.25, -0.2) is 4.39 Å². The molecule has 0 aliphatic carbocycles. The van der Waals surface area contributed by atoms with Crippen LogP contribution >= 0.6 is 23.4 Å². The van der Waals surface area contributed by atoms with Crippen molar-refractivity contribution >= 4 is 34.7 Å². The molecule has 4 heteroatoms. The van der Waals surface area contributed by atoms with Gasteiger partial charge in [-0.1, -0.05) is 48.0 Å². The van der Waals surface area contributed by atoms with Crippen LogP contribution in [0, 0.1) is 5.82 Å². The second-order valence-electron chi connectivity index (χ2n) is 4.40. The van der Waals surface area contributed by atoms with E-state index < -0.39 is 5.25 Å². The van der Waals surface area contributed by atoms with Crippen LogP contribution in [0.4, 0.5) is 4.39 Å². The minimum atomic E-state index is -0.406. The smallest absolute Gasteiger partial charge is 0.149 e. The Bertz CT molecular complexity index is 711. The van der Waals surface area contributed by atoms with Crippen LogP contribution in [-0.4, -0.2) is 6.29 Å². The van der Waals surface area contributed by atoms with E-state index in [0.717, 1.165) is 16.7 Å². The molecule has 2 aromatic rings. The average molecular weight is 305 g/mol. The summed E-state index contributed by atoms with van der Waals surface area (Å²) in [5.41, 5.74) is 1.72. The van der Waals surface area contributed by atoms with Gasteiger partial charge in [0.05, 0.1) is 10.3 Å². The molecular weight excluding hydrogens is 295 g/mol. The molecule has 2 aromatic carbocycles. The molecule has 1 nitrogen and oxygen atoms in total. The SMILES string of the molecule is O=CC1=C(Cl)c2ccccc2SC1c1ccccc1F. The van der Waals surface area contributed by atoms with E-state index in [1.54, 1.807) is 18.2 Å². The molecule has 0 bridgehead atoms. The summed E-state index contributed by atoms with van der Waals surface area (Å²) in [7, 11) is 0. The zero-order valence-electron chi connectivity index (χ0n) is 10.3. The fraction of sp³-hybridized carbons (Fsp3) is 0.0625. The molecule has 0 saturated heterocycles. The van der Waals surface area contributed by atoms with Crippen molar-refractivity contribution in [2.75, 3.05) is 0 Å². The van der Waals surface area contributed by atoms with E-state index >= 15 is 0 Å². The molecular formula is C16H10ClFOS. The number of hydrogen-bond acceptors (Lipinski definition) is 2. The van der Waals surface area contributed by atoms with Crippen LogP contribution in [0.2, 0.25) is 0 Å². The molecule has 1 aliphatic rings. The molecule has 1 atom stereocenters. The summed E-state index contributed by atoms with van der Waals surface area (Å²) >= 11 is 7.77. The first-order valence-electron chi connectivity index (χ1n) is 6.07. The van der Waals surface area contributed by atoms with Gasteiger partial charge in [0.2, 0.25) is 0 Å². The highest BCUT2D eigenvalue weighted by Crippen LogP contribution is 2.50. The molecule has 0 fully saturated rings. The fourth-order valence-electron chi connectivity index (χ4n) is 2.24. The van der Waals surface area contributed by atoms with E-state index in [0.29, 0.717) is 16.2 Å². The third-order valence-corrected chi connectivity index (χ3v) is 4.99. The van der Waals surface area contributed by atoms with Crippen LogP contribution in [0.1, 0.15) is 16.4 Å². The summed E-state index contributed by atoms with van der Waals surface area (Å²) in [5.74, 6) is -0.326. The third kappa shape index (κ3) is 2.17. The van der Waals surface area contributed by atoms with Gasteiger partial charge >= 0.3 is 0 Å². The van der Waals surface area contributed by atoms with Crippen molar-refractivity contribution in [3.63, 3.8) is 0 Å². The van der Waals surface area contributed by atoms with Gasteiger partial charge in [0, 0.05) is 21.6 Å². The molecule has 3 rings (SSSR count). The molecule has 0 radical (unpaired) electrons. The fourth-order valence-corrected chi connectivity index (χ4v) is 4.01. The lowest BCUT2D eigenvalue weighted by Crippen LogP contribution is -2.08. The highest BCUT2D eigenvalue weighted by molar-refractivity contribution is 8.00. The van der Waals surface area contributed by atoms with E-state index in [1.807, 2.05) is 24.3 Å². The van der Waals surface area contributed by atoms with Crippen LogP contribution in [0.25, 0.3) is 5.03 Å². The maximum Gasteiger partial charge on any atom is 0.149 e.